The SMILES string of the molecule is CCCCc1nnc2ccc(C(CC(CNC(=O)c3ccccc3O)n3cc(OC)c(-c4cc(Cl)ccc4C#N)cc3=O)OC)cn12. The minimum absolute atomic E-state index is 0.0205. The number of ether oxygens (including phenoxy) is 2. The van der Waals surface area contributed by atoms with Crippen LogP contribution < -0.4 is 15.6 Å². The molecule has 2 atom stereocenters. The van der Waals surface area contributed by atoms with E-state index in [1.165, 1.54) is 29.9 Å². The van der Waals surface area contributed by atoms with Crippen LogP contribution in [0.1, 0.15) is 65.6 Å². The maximum atomic E-state index is 13.8. The predicted octanol–water partition coefficient (Wildman–Crippen LogP) is 5.89. The average molecular weight is 655 g/mol. The van der Waals surface area contributed by atoms with Gasteiger partial charge in [-0.2, -0.15) is 5.26 Å². The fourth-order valence-electron chi connectivity index (χ4n) is 5.56. The molecule has 242 valence electrons. The molecule has 0 aliphatic carbocycles. The lowest BCUT2D eigenvalue weighted by molar-refractivity contribution is 0.0777. The largest absolute Gasteiger partial charge is 0.507 e. The number of unbranched alkanes of at least 4 members (excludes halogenated alkanes) is 1. The lowest BCUT2D eigenvalue weighted by atomic mass is 9.99. The van der Waals surface area contributed by atoms with Gasteiger partial charge < -0.3 is 24.5 Å². The third kappa shape index (κ3) is 7.30. The highest BCUT2D eigenvalue weighted by molar-refractivity contribution is 6.31. The number of hydrogen-bond acceptors (Lipinski definition) is 8. The van der Waals surface area contributed by atoms with Gasteiger partial charge in [0.05, 0.1) is 42.6 Å². The normalized spacial score (nSPS) is 12.4. The number of para-hydroxylation sites is 1. The van der Waals surface area contributed by atoms with Gasteiger partial charge in [0.15, 0.2) is 5.65 Å². The van der Waals surface area contributed by atoms with Crippen molar-refractivity contribution in [1.29, 1.82) is 5.26 Å². The highest BCUT2D eigenvalue weighted by atomic mass is 35.5. The summed E-state index contributed by atoms with van der Waals surface area (Å²) in [5, 5.41) is 31.9. The summed E-state index contributed by atoms with van der Waals surface area (Å²) in [6.45, 7) is 2.14. The molecule has 0 saturated carbocycles. The van der Waals surface area contributed by atoms with Crippen molar-refractivity contribution in [2.75, 3.05) is 20.8 Å². The molecule has 0 spiro atoms. The van der Waals surface area contributed by atoms with Crippen LogP contribution >= 0.6 is 11.6 Å². The van der Waals surface area contributed by atoms with Gasteiger partial charge in [0.1, 0.15) is 17.3 Å². The fourth-order valence-corrected chi connectivity index (χ4v) is 5.73. The molecule has 0 radical (unpaired) electrons. The zero-order valence-electron chi connectivity index (χ0n) is 26.3. The number of phenolic OH excluding ortho intramolecular Hbond substituents is 1. The van der Waals surface area contributed by atoms with E-state index in [0.29, 0.717) is 27.5 Å². The summed E-state index contributed by atoms with van der Waals surface area (Å²) in [4.78, 5) is 27.0. The first kappa shape index (κ1) is 33.2. The molecule has 3 heterocycles. The second-order valence-corrected chi connectivity index (χ2v) is 11.5. The van der Waals surface area contributed by atoms with E-state index in [1.54, 1.807) is 43.6 Å². The maximum absolute atomic E-state index is 13.8. The summed E-state index contributed by atoms with van der Waals surface area (Å²) < 4.78 is 15.1. The standard InChI is InChI=1S/C35H35ClN6O5/c1-4-5-10-32-39-40-33-14-12-23(20-42(32)33)30(46-2)16-25(19-38-35(45)26-8-6-7-9-29(26)43)41-21-31(47-3)28(17-34(41)44)27-15-24(36)13-11-22(27)18-37/h6-9,11-15,17,20-21,25,30,43H,4-5,10,16,19H2,1-3H3,(H,38,45). The first-order valence-corrected chi connectivity index (χ1v) is 15.6. The third-order valence-corrected chi connectivity index (χ3v) is 8.32. The number of rotatable bonds is 13. The van der Waals surface area contributed by atoms with Crippen LogP contribution in [0.3, 0.4) is 0 Å². The Labute approximate surface area is 277 Å². The van der Waals surface area contributed by atoms with E-state index in [-0.39, 0.29) is 24.3 Å². The Balaban J connectivity index is 1.55. The molecule has 0 fully saturated rings. The van der Waals surface area contributed by atoms with Crippen molar-refractivity contribution >= 4 is 23.2 Å². The van der Waals surface area contributed by atoms with Gasteiger partial charge in [-0.05, 0) is 48.4 Å². The number of nitrogens with zero attached hydrogens (tertiary/aromatic N) is 5. The number of carbonyl (C=O) groups excluding carboxylic acids is 1. The molecule has 2 N–H and O–H groups in total. The number of amides is 1. The van der Waals surface area contributed by atoms with Gasteiger partial charge in [-0.25, -0.2) is 0 Å². The number of halogens is 1. The van der Waals surface area contributed by atoms with Crippen molar-refractivity contribution in [2.45, 2.75) is 44.8 Å². The number of carbonyl (C=O) groups is 1. The van der Waals surface area contributed by atoms with E-state index in [9.17, 15) is 20.0 Å². The van der Waals surface area contributed by atoms with Crippen LogP contribution in [0.15, 0.2) is 77.9 Å². The Morgan fingerprint density at radius 1 is 1.09 bits per heavy atom. The summed E-state index contributed by atoms with van der Waals surface area (Å²) in [6, 6.07) is 17.7. The quantitative estimate of drug-likeness (QED) is 0.160. The van der Waals surface area contributed by atoms with Gasteiger partial charge in [0.25, 0.3) is 11.5 Å². The summed E-state index contributed by atoms with van der Waals surface area (Å²) >= 11 is 6.25. The number of pyridine rings is 2. The predicted molar refractivity (Wildman–Crippen MR) is 178 cm³/mol. The lowest BCUT2D eigenvalue weighted by Crippen LogP contribution is -2.36. The zero-order chi connectivity index (χ0) is 33.5. The summed E-state index contributed by atoms with van der Waals surface area (Å²) in [7, 11) is 3.06. The molecule has 2 aromatic carbocycles. The molecule has 5 aromatic rings. The van der Waals surface area contributed by atoms with Crippen LogP contribution in [0.5, 0.6) is 11.5 Å². The monoisotopic (exact) mass is 654 g/mol. The number of fused-ring (bicyclic) bond motifs is 1. The molecule has 12 heteroatoms. The number of nitrogens with one attached hydrogen (secondary N) is 1. The lowest BCUT2D eigenvalue weighted by Gasteiger charge is -2.26. The third-order valence-electron chi connectivity index (χ3n) is 8.09. The number of nitriles is 1. The highest BCUT2D eigenvalue weighted by Crippen LogP contribution is 2.35. The molecule has 0 aliphatic rings. The van der Waals surface area contributed by atoms with Crippen LogP contribution in [-0.4, -0.2) is 50.9 Å². The Kier molecular flexibility index (Phi) is 10.6. The topological polar surface area (TPSA) is 144 Å². The Morgan fingerprint density at radius 3 is 2.62 bits per heavy atom. The van der Waals surface area contributed by atoms with Crippen LogP contribution in [0.2, 0.25) is 5.02 Å². The van der Waals surface area contributed by atoms with Gasteiger partial charge in [0, 0.05) is 54.9 Å². The van der Waals surface area contributed by atoms with Gasteiger partial charge in [-0.3, -0.25) is 14.0 Å². The number of aromatic nitrogens is 4. The van der Waals surface area contributed by atoms with E-state index < -0.39 is 23.6 Å². The average Bonchev–Trinajstić information content (AvgIpc) is 3.49. The molecule has 2 unspecified atom stereocenters. The van der Waals surface area contributed by atoms with E-state index in [4.69, 9.17) is 21.1 Å². The van der Waals surface area contributed by atoms with Gasteiger partial charge in [-0.1, -0.05) is 43.1 Å². The van der Waals surface area contributed by atoms with E-state index >= 15 is 0 Å². The number of benzene rings is 2. The second kappa shape index (κ2) is 14.9. The van der Waals surface area contributed by atoms with Crippen molar-refractivity contribution in [3.05, 3.63) is 111 Å². The van der Waals surface area contributed by atoms with Crippen molar-refractivity contribution < 1.29 is 19.4 Å². The van der Waals surface area contributed by atoms with Crippen molar-refractivity contribution in [3.63, 3.8) is 0 Å². The van der Waals surface area contributed by atoms with Crippen LogP contribution in [0.4, 0.5) is 0 Å². The van der Waals surface area contributed by atoms with Crippen LogP contribution in [0.25, 0.3) is 16.8 Å². The highest BCUT2D eigenvalue weighted by Gasteiger charge is 2.25. The molecule has 47 heavy (non-hydrogen) atoms. The molecule has 5 rings (SSSR count). The summed E-state index contributed by atoms with van der Waals surface area (Å²) in [5.74, 6) is 0.526. The van der Waals surface area contributed by atoms with E-state index in [0.717, 1.165) is 36.3 Å². The molecular weight excluding hydrogens is 620 g/mol. The van der Waals surface area contributed by atoms with Crippen molar-refractivity contribution in [2.24, 2.45) is 0 Å². The first-order chi connectivity index (χ1) is 22.8. The van der Waals surface area contributed by atoms with Gasteiger partial charge in [-0.15, -0.1) is 10.2 Å². The zero-order valence-corrected chi connectivity index (χ0v) is 27.1. The summed E-state index contributed by atoms with van der Waals surface area (Å²) in [6.07, 6.45) is 6.07. The number of phenols is 1. The molecule has 1 amide bonds. The van der Waals surface area contributed by atoms with Gasteiger partial charge >= 0.3 is 0 Å². The molecule has 0 saturated heterocycles. The van der Waals surface area contributed by atoms with Crippen LogP contribution in [0, 0.1) is 11.3 Å². The van der Waals surface area contributed by atoms with Crippen molar-refractivity contribution in [3.8, 4) is 28.7 Å². The first-order valence-electron chi connectivity index (χ1n) is 15.2. The fraction of sp³-hybridized carbons (Fsp3) is 0.286. The molecule has 11 nitrogen and oxygen atoms in total. The summed E-state index contributed by atoms with van der Waals surface area (Å²) in [5.41, 5.74) is 2.47. The molecule has 3 aromatic heterocycles. The Bertz CT molecular complexity index is 2000. The van der Waals surface area contributed by atoms with E-state index in [2.05, 4.69) is 28.5 Å². The van der Waals surface area contributed by atoms with Crippen LogP contribution in [-0.2, 0) is 11.2 Å². The number of hydrogen-bond donors (Lipinski definition) is 2. The Hall–Kier alpha value is -5.18. The smallest absolute Gasteiger partial charge is 0.255 e. The second-order valence-electron chi connectivity index (χ2n) is 11.1. The molecular formula is C35H35ClN6O5. The van der Waals surface area contributed by atoms with Crippen molar-refractivity contribution in [1.82, 2.24) is 24.5 Å². The minimum atomic E-state index is -0.629. The Morgan fingerprint density at radius 2 is 1.89 bits per heavy atom. The van der Waals surface area contributed by atoms with Gasteiger partial charge in [0.2, 0.25) is 0 Å². The number of aryl methyl sites for hydroxylation is 1. The van der Waals surface area contributed by atoms with E-state index in [1.807, 2.05) is 22.7 Å². The molecule has 0 aliphatic heterocycles. The number of aromatic hydroxyl groups is 1. The number of methoxy groups -OCH3 is 2. The maximum Gasteiger partial charge on any atom is 0.255 e. The minimum Gasteiger partial charge on any atom is -0.507 e. The molecule has 0 bridgehead atoms.